The fourth-order valence-electron chi connectivity index (χ4n) is 4.50. The molecule has 0 aromatic heterocycles. The highest BCUT2D eigenvalue weighted by Crippen LogP contribution is 2.34. The van der Waals surface area contributed by atoms with E-state index in [1.807, 2.05) is 6.92 Å². The normalized spacial score (nSPS) is 20.7. The summed E-state index contributed by atoms with van der Waals surface area (Å²) in [6.07, 6.45) is 13.8. The third kappa shape index (κ3) is 14.9. The minimum absolute atomic E-state index is 0.0529. The highest BCUT2D eigenvalue weighted by molar-refractivity contribution is 5.69. The van der Waals surface area contributed by atoms with Crippen molar-refractivity contribution in [2.24, 2.45) is 23.7 Å². The quantitative estimate of drug-likeness (QED) is 0.204. The van der Waals surface area contributed by atoms with Crippen molar-refractivity contribution in [2.75, 3.05) is 33.0 Å². The Morgan fingerprint density at radius 3 is 2.34 bits per heavy atom. The van der Waals surface area contributed by atoms with Gasteiger partial charge in [0.1, 0.15) is 6.61 Å². The molecule has 3 atom stereocenters. The second-order valence-corrected chi connectivity index (χ2v) is 9.49. The van der Waals surface area contributed by atoms with E-state index in [4.69, 9.17) is 14.2 Å². The Kier molecular flexibility index (Phi) is 15.6. The van der Waals surface area contributed by atoms with E-state index in [9.17, 15) is 4.79 Å². The average molecular weight is 413 g/mol. The molecule has 0 heterocycles. The predicted octanol–water partition coefficient (Wildman–Crippen LogP) is 6.41. The second-order valence-electron chi connectivity index (χ2n) is 9.49. The summed E-state index contributed by atoms with van der Waals surface area (Å²) in [5, 5.41) is 0. The van der Waals surface area contributed by atoms with Crippen LogP contribution in [0.1, 0.15) is 98.3 Å². The molecule has 3 unspecified atom stereocenters. The predicted molar refractivity (Wildman–Crippen MR) is 120 cm³/mol. The minimum atomic E-state index is -0.0529. The number of hydrogen-bond donors (Lipinski definition) is 0. The van der Waals surface area contributed by atoms with Gasteiger partial charge >= 0.3 is 5.97 Å². The average Bonchev–Trinajstić information content (AvgIpc) is 2.67. The summed E-state index contributed by atoms with van der Waals surface area (Å²) in [7, 11) is 0. The molecule has 4 nitrogen and oxygen atoms in total. The fraction of sp³-hybridized carbons (Fsp3) is 0.960. The zero-order chi connectivity index (χ0) is 21.3. The van der Waals surface area contributed by atoms with E-state index in [2.05, 4.69) is 20.8 Å². The van der Waals surface area contributed by atoms with Crippen molar-refractivity contribution in [3.63, 3.8) is 0 Å². The maximum Gasteiger partial charge on any atom is 0.306 e. The second kappa shape index (κ2) is 17.1. The van der Waals surface area contributed by atoms with Gasteiger partial charge in [-0.05, 0) is 43.4 Å². The molecule has 0 bridgehead atoms. The number of carbonyl (C=O) groups excluding carboxylic acids is 1. The molecule has 0 aromatic carbocycles. The van der Waals surface area contributed by atoms with Crippen LogP contribution in [-0.2, 0) is 19.0 Å². The van der Waals surface area contributed by atoms with E-state index < -0.39 is 0 Å². The van der Waals surface area contributed by atoms with E-state index in [-0.39, 0.29) is 5.97 Å². The third-order valence-corrected chi connectivity index (χ3v) is 6.20. The highest BCUT2D eigenvalue weighted by atomic mass is 16.6. The Bertz CT molecular complexity index is 396. The van der Waals surface area contributed by atoms with Crippen LogP contribution in [0.4, 0.5) is 0 Å². The van der Waals surface area contributed by atoms with Crippen molar-refractivity contribution >= 4 is 5.97 Å². The van der Waals surface area contributed by atoms with Gasteiger partial charge in [0.25, 0.3) is 0 Å². The van der Waals surface area contributed by atoms with Crippen molar-refractivity contribution in [1.82, 2.24) is 0 Å². The van der Waals surface area contributed by atoms with E-state index in [0.717, 1.165) is 17.8 Å². The summed E-state index contributed by atoms with van der Waals surface area (Å²) < 4.78 is 15.9. The van der Waals surface area contributed by atoms with Crippen LogP contribution in [0.2, 0.25) is 0 Å². The first-order chi connectivity index (χ1) is 14.0. The number of rotatable bonds is 17. The summed E-state index contributed by atoms with van der Waals surface area (Å²) in [6.45, 7) is 11.7. The van der Waals surface area contributed by atoms with Crippen LogP contribution < -0.4 is 0 Å². The Hall–Kier alpha value is -0.610. The van der Waals surface area contributed by atoms with Gasteiger partial charge in [0, 0.05) is 13.0 Å². The van der Waals surface area contributed by atoms with Crippen LogP contribution >= 0.6 is 0 Å². The molecule has 0 aromatic rings. The molecule has 29 heavy (non-hydrogen) atoms. The lowest BCUT2D eigenvalue weighted by Gasteiger charge is -2.29. The van der Waals surface area contributed by atoms with Crippen LogP contribution in [0.25, 0.3) is 0 Å². The van der Waals surface area contributed by atoms with Crippen LogP contribution in [0.5, 0.6) is 0 Å². The molecule has 0 spiro atoms. The molecule has 4 heteroatoms. The maximum absolute atomic E-state index is 12.1. The zero-order valence-electron chi connectivity index (χ0n) is 19.8. The van der Waals surface area contributed by atoms with Gasteiger partial charge in [-0.25, -0.2) is 0 Å². The summed E-state index contributed by atoms with van der Waals surface area (Å²) in [4.78, 5) is 12.1. The topological polar surface area (TPSA) is 44.8 Å². The molecule has 172 valence electrons. The number of hydrogen-bond acceptors (Lipinski definition) is 4. The number of ether oxygens (including phenoxy) is 3. The standard InChI is InChI=1S/C25H48O4/c1-5-27-15-16-28-17-18-29-25(26)20-24-14-8-13-23(19-24)12-7-11-22(4)10-6-9-21(2)3/h21-24H,5-20H2,1-4H3. The Morgan fingerprint density at radius 2 is 1.59 bits per heavy atom. The van der Waals surface area contributed by atoms with Crippen molar-refractivity contribution in [1.29, 1.82) is 0 Å². The molecule has 0 N–H and O–H groups in total. The summed E-state index contributed by atoms with van der Waals surface area (Å²) in [6, 6.07) is 0. The zero-order valence-corrected chi connectivity index (χ0v) is 19.8. The van der Waals surface area contributed by atoms with Crippen molar-refractivity contribution in [3.05, 3.63) is 0 Å². The Morgan fingerprint density at radius 1 is 0.897 bits per heavy atom. The number of esters is 1. The fourth-order valence-corrected chi connectivity index (χ4v) is 4.50. The van der Waals surface area contributed by atoms with Gasteiger partial charge < -0.3 is 14.2 Å². The summed E-state index contributed by atoms with van der Waals surface area (Å²) in [5.74, 6) is 2.97. The van der Waals surface area contributed by atoms with Crippen LogP contribution in [0, 0.1) is 23.7 Å². The van der Waals surface area contributed by atoms with Gasteiger partial charge in [-0.15, -0.1) is 0 Å². The van der Waals surface area contributed by atoms with Gasteiger partial charge in [0.15, 0.2) is 0 Å². The van der Waals surface area contributed by atoms with Crippen molar-refractivity contribution < 1.29 is 19.0 Å². The molecule has 0 aliphatic heterocycles. The van der Waals surface area contributed by atoms with Crippen LogP contribution in [-0.4, -0.2) is 39.0 Å². The molecule has 0 amide bonds. The van der Waals surface area contributed by atoms with Crippen molar-refractivity contribution in [2.45, 2.75) is 98.3 Å². The minimum Gasteiger partial charge on any atom is -0.463 e. The van der Waals surface area contributed by atoms with Gasteiger partial charge in [-0.3, -0.25) is 4.79 Å². The van der Waals surface area contributed by atoms with Crippen LogP contribution in [0.3, 0.4) is 0 Å². The lowest BCUT2D eigenvalue weighted by Crippen LogP contribution is -2.21. The molecule has 0 radical (unpaired) electrons. The molecule has 1 aliphatic carbocycles. The largest absolute Gasteiger partial charge is 0.463 e. The van der Waals surface area contributed by atoms with Crippen LogP contribution in [0.15, 0.2) is 0 Å². The first-order valence-electron chi connectivity index (χ1n) is 12.3. The first-order valence-corrected chi connectivity index (χ1v) is 12.3. The molecule has 1 rings (SSSR count). The monoisotopic (exact) mass is 412 g/mol. The van der Waals surface area contributed by atoms with Crippen molar-refractivity contribution in [3.8, 4) is 0 Å². The van der Waals surface area contributed by atoms with Gasteiger partial charge in [-0.1, -0.05) is 72.1 Å². The molecular formula is C25H48O4. The lowest BCUT2D eigenvalue weighted by atomic mass is 9.77. The smallest absolute Gasteiger partial charge is 0.306 e. The van der Waals surface area contributed by atoms with Gasteiger partial charge in [0.05, 0.1) is 19.8 Å². The van der Waals surface area contributed by atoms with E-state index >= 15 is 0 Å². The summed E-state index contributed by atoms with van der Waals surface area (Å²) >= 11 is 0. The third-order valence-electron chi connectivity index (χ3n) is 6.20. The first kappa shape index (κ1) is 26.4. The molecule has 0 saturated heterocycles. The number of carbonyl (C=O) groups is 1. The van der Waals surface area contributed by atoms with E-state index in [0.29, 0.717) is 45.4 Å². The van der Waals surface area contributed by atoms with Gasteiger partial charge in [-0.2, -0.15) is 0 Å². The summed E-state index contributed by atoms with van der Waals surface area (Å²) in [5.41, 5.74) is 0. The Labute approximate surface area is 180 Å². The van der Waals surface area contributed by atoms with Gasteiger partial charge in [0.2, 0.25) is 0 Å². The molecule has 1 saturated carbocycles. The maximum atomic E-state index is 12.1. The SMILES string of the molecule is CCOCCOCCOC(=O)CC1CCCC(CCCC(C)CCCC(C)C)C1. The molecule has 1 aliphatic rings. The lowest BCUT2D eigenvalue weighted by molar-refractivity contribution is -0.146. The van der Waals surface area contributed by atoms with E-state index in [1.165, 1.54) is 64.2 Å². The highest BCUT2D eigenvalue weighted by Gasteiger charge is 2.24. The molecular weight excluding hydrogens is 364 g/mol. The molecule has 1 fully saturated rings. The van der Waals surface area contributed by atoms with E-state index in [1.54, 1.807) is 0 Å². The Balaban J connectivity index is 2.07.